The smallest absolute Gasteiger partial charge is 0.284 e. The number of carbonyl (C=O) groups excluding carboxylic acids is 1. The molecule has 0 atom stereocenters. The van der Waals surface area contributed by atoms with Crippen molar-refractivity contribution in [2.24, 2.45) is 0 Å². The lowest BCUT2D eigenvalue weighted by Gasteiger charge is -2.16. The van der Waals surface area contributed by atoms with Crippen molar-refractivity contribution in [2.45, 2.75) is 13.5 Å². The third-order valence-electron chi connectivity index (χ3n) is 2.80. The van der Waals surface area contributed by atoms with Crippen LogP contribution in [0.5, 0.6) is 0 Å². The van der Waals surface area contributed by atoms with Gasteiger partial charge < -0.3 is 4.90 Å². The van der Waals surface area contributed by atoms with Crippen LogP contribution in [0, 0.1) is 17.0 Å². The average molecular weight is 370 g/mol. The molecule has 0 N–H and O–H groups in total. The van der Waals surface area contributed by atoms with E-state index in [1.807, 2.05) is 6.92 Å². The molecule has 110 valence electrons. The Morgan fingerprint density at radius 2 is 2.24 bits per heavy atom. The Morgan fingerprint density at radius 1 is 1.52 bits per heavy atom. The molecule has 0 unspecified atom stereocenters. The molecular formula is C13H12BrN3O3S. The van der Waals surface area contributed by atoms with Crippen molar-refractivity contribution in [1.82, 2.24) is 9.88 Å². The number of aryl methyl sites for hydroxylation is 1. The number of benzene rings is 1. The normalized spacial score (nSPS) is 10.4. The molecule has 0 saturated heterocycles. The summed E-state index contributed by atoms with van der Waals surface area (Å²) in [5, 5.41) is 11.8. The molecule has 0 radical (unpaired) electrons. The minimum absolute atomic E-state index is 0.122. The molecule has 0 bridgehead atoms. The molecule has 0 aliphatic rings. The lowest BCUT2D eigenvalue weighted by Crippen LogP contribution is -2.25. The summed E-state index contributed by atoms with van der Waals surface area (Å²) in [5.74, 6) is -0.267. The van der Waals surface area contributed by atoms with Gasteiger partial charge in [-0.2, -0.15) is 0 Å². The van der Waals surface area contributed by atoms with Gasteiger partial charge in [0.05, 0.1) is 20.9 Å². The second-order valence-corrected chi connectivity index (χ2v) is 6.60. The standard InChI is InChI=1S/C13H12BrN3O3S/c1-8-15-6-10(21-8)7-16(2)13(18)9-3-4-11(14)12(5-9)17(19)20/h3-6H,7H2,1-2H3. The Labute approximate surface area is 133 Å². The van der Waals surface area contributed by atoms with Gasteiger partial charge in [-0.05, 0) is 35.0 Å². The third kappa shape index (κ3) is 3.64. The first-order chi connectivity index (χ1) is 9.88. The second kappa shape index (κ2) is 6.31. The zero-order valence-corrected chi connectivity index (χ0v) is 13.8. The third-order valence-corrected chi connectivity index (χ3v) is 4.37. The van der Waals surface area contributed by atoms with Crippen molar-refractivity contribution >= 4 is 38.9 Å². The Kier molecular flexibility index (Phi) is 4.69. The zero-order valence-electron chi connectivity index (χ0n) is 11.4. The predicted octanol–water partition coefficient (Wildman–Crippen LogP) is 3.39. The largest absolute Gasteiger partial charge is 0.337 e. The Bertz CT molecular complexity index is 702. The molecule has 1 heterocycles. The topological polar surface area (TPSA) is 76.3 Å². The van der Waals surface area contributed by atoms with Gasteiger partial charge in [0, 0.05) is 29.8 Å². The summed E-state index contributed by atoms with van der Waals surface area (Å²) in [6.45, 7) is 2.32. The Morgan fingerprint density at radius 3 is 2.81 bits per heavy atom. The molecular weight excluding hydrogens is 358 g/mol. The fraction of sp³-hybridized carbons (Fsp3) is 0.231. The number of hydrogen-bond donors (Lipinski definition) is 0. The first-order valence-corrected chi connectivity index (χ1v) is 7.60. The summed E-state index contributed by atoms with van der Waals surface area (Å²) >= 11 is 4.62. The minimum atomic E-state index is -0.520. The Balaban J connectivity index is 2.19. The summed E-state index contributed by atoms with van der Waals surface area (Å²) in [6.07, 6.45) is 1.73. The molecule has 0 aliphatic heterocycles. The number of aromatic nitrogens is 1. The summed E-state index contributed by atoms with van der Waals surface area (Å²) in [5.41, 5.74) is 0.163. The minimum Gasteiger partial charge on any atom is -0.337 e. The molecule has 8 heteroatoms. The number of rotatable bonds is 4. The molecule has 6 nitrogen and oxygen atoms in total. The average Bonchev–Trinajstić information content (AvgIpc) is 2.83. The van der Waals surface area contributed by atoms with Crippen LogP contribution in [0.4, 0.5) is 5.69 Å². The SMILES string of the molecule is Cc1ncc(CN(C)C(=O)c2ccc(Br)c([N+](=O)[O-])c2)s1. The quantitative estimate of drug-likeness (QED) is 0.611. The van der Waals surface area contributed by atoms with Gasteiger partial charge in [-0.15, -0.1) is 11.3 Å². The summed E-state index contributed by atoms with van der Waals surface area (Å²) < 4.78 is 0.352. The molecule has 0 aliphatic carbocycles. The highest BCUT2D eigenvalue weighted by molar-refractivity contribution is 9.10. The van der Waals surface area contributed by atoms with Gasteiger partial charge in [-0.1, -0.05) is 0 Å². The summed E-state index contributed by atoms with van der Waals surface area (Å²) in [6, 6.07) is 4.35. The lowest BCUT2D eigenvalue weighted by molar-refractivity contribution is -0.385. The van der Waals surface area contributed by atoms with Gasteiger partial charge in [-0.25, -0.2) is 4.98 Å². The van der Waals surface area contributed by atoms with Crippen molar-refractivity contribution in [3.8, 4) is 0 Å². The number of nitrogens with zero attached hydrogens (tertiary/aromatic N) is 3. The van der Waals surface area contributed by atoms with E-state index >= 15 is 0 Å². The highest BCUT2D eigenvalue weighted by Gasteiger charge is 2.18. The van der Waals surface area contributed by atoms with Gasteiger partial charge in [-0.3, -0.25) is 14.9 Å². The van der Waals surface area contributed by atoms with E-state index < -0.39 is 4.92 Å². The van der Waals surface area contributed by atoms with Crippen LogP contribution < -0.4 is 0 Å². The van der Waals surface area contributed by atoms with Crippen LogP contribution in [-0.4, -0.2) is 27.8 Å². The van der Waals surface area contributed by atoms with E-state index in [2.05, 4.69) is 20.9 Å². The van der Waals surface area contributed by atoms with Crippen LogP contribution >= 0.6 is 27.3 Å². The van der Waals surface area contributed by atoms with E-state index in [0.717, 1.165) is 9.88 Å². The Hall–Kier alpha value is -1.80. The maximum Gasteiger partial charge on any atom is 0.284 e. The molecule has 2 aromatic rings. The first kappa shape index (κ1) is 15.6. The van der Waals surface area contributed by atoms with E-state index in [4.69, 9.17) is 0 Å². The maximum atomic E-state index is 12.3. The first-order valence-electron chi connectivity index (χ1n) is 5.99. The summed E-state index contributed by atoms with van der Waals surface area (Å²) in [7, 11) is 1.66. The van der Waals surface area contributed by atoms with E-state index in [1.165, 1.54) is 28.4 Å². The maximum absolute atomic E-state index is 12.3. The molecule has 0 saturated carbocycles. The number of thiazole rings is 1. The van der Waals surface area contributed by atoms with Crippen LogP contribution in [0.2, 0.25) is 0 Å². The number of carbonyl (C=O) groups is 1. The van der Waals surface area contributed by atoms with Crippen LogP contribution in [-0.2, 0) is 6.54 Å². The predicted molar refractivity (Wildman–Crippen MR) is 83.4 cm³/mol. The van der Waals surface area contributed by atoms with Crippen molar-refractivity contribution in [1.29, 1.82) is 0 Å². The highest BCUT2D eigenvalue weighted by atomic mass is 79.9. The van der Waals surface area contributed by atoms with Gasteiger partial charge in [0.2, 0.25) is 0 Å². The van der Waals surface area contributed by atoms with Crippen LogP contribution in [0.3, 0.4) is 0 Å². The number of hydrogen-bond acceptors (Lipinski definition) is 5. The van der Waals surface area contributed by atoms with Crippen LogP contribution in [0.1, 0.15) is 20.2 Å². The molecule has 1 aromatic heterocycles. The van der Waals surface area contributed by atoms with Gasteiger partial charge in [0.25, 0.3) is 11.6 Å². The van der Waals surface area contributed by atoms with Gasteiger partial charge >= 0.3 is 0 Å². The zero-order chi connectivity index (χ0) is 15.6. The van der Waals surface area contributed by atoms with Crippen LogP contribution in [0.25, 0.3) is 0 Å². The highest BCUT2D eigenvalue weighted by Crippen LogP contribution is 2.26. The van der Waals surface area contributed by atoms with Gasteiger partial charge in [0.1, 0.15) is 0 Å². The number of nitro benzene ring substituents is 1. The van der Waals surface area contributed by atoms with E-state index in [1.54, 1.807) is 19.3 Å². The van der Waals surface area contributed by atoms with Crippen molar-refractivity contribution in [2.75, 3.05) is 7.05 Å². The van der Waals surface area contributed by atoms with Crippen molar-refractivity contribution in [3.05, 3.63) is 54.4 Å². The number of amides is 1. The van der Waals surface area contributed by atoms with Crippen molar-refractivity contribution < 1.29 is 9.72 Å². The summed E-state index contributed by atoms with van der Waals surface area (Å²) in [4.78, 5) is 29.3. The molecule has 0 fully saturated rings. The molecule has 21 heavy (non-hydrogen) atoms. The molecule has 0 spiro atoms. The van der Waals surface area contributed by atoms with Crippen LogP contribution in [0.15, 0.2) is 28.9 Å². The number of nitro groups is 1. The van der Waals surface area contributed by atoms with E-state index in [-0.39, 0.29) is 17.2 Å². The molecule has 1 amide bonds. The number of halogens is 1. The van der Waals surface area contributed by atoms with Gasteiger partial charge in [0.15, 0.2) is 0 Å². The molecule has 1 aromatic carbocycles. The molecule has 2 rings (SSSR count). The fourth-order valence-corrected chi connectivity index (χ4v) is 3.03. The fourth-order valence-electron chi connectivity index (χ4n) is 1.79. The van der Waals surface area contributed by atoms with Crippen molar-refractivity contribution in [3.63, 3.8) is 0 Å². The van der Waals surface area contributed by atoms with E-state index in [9.17, 15) is 14.9 Å². The lowest BCUT2D eigenvalue weighted by atomic mass is 10.2. The second-order valence-electron chi connectivity index (χ2n) is 4.43. The van der Waals surface area contributed by atoms with E-state index in [0.29, 0.717) is 11.0 Å². The monoisotopic (exact) mass is 369 g/mol.